The van der Waals surface area contributed by atoms with E-state index in [1.54, 1.807) is 24.3 Å². The molecule has 11 heteroatoms. The number of carbonyl (C=O) groups excluding carboxylic acids is 2. The van der Waals surface area contributed by atoms with E-state index in [0.717, 1.165) is 61.8 Å². The van der Waals surface area contributed by atoms with Gasteiger partial charge in [-0.15, -0.1) is 0 Å². The van der Waals surface area contributed by atoms with Crippen molar-refractivity contribution >= 4 is 33.4 Å². The number of amides is 2. The van der Waals surface area contributed by atoms with Gasteiger partial charge in [0.2, 0.25) is 5.91 Å². The molecule has 9 nitrogen and oxygen atoms in total. The first-order valence-corrected chi connectivity index (χ1v) is 15.8. The molecule has 39 heavy (non-hydrogen) atoms. The summed E-state index contributed by atoms with van der Waals surface area (Å²) < 4.78 is 31.4. The number of hydrogen-bond donors (Lipinski definition) is 1. The molecule has 1 aliphatic rings. The number of likely N-dealkylation sites (tertiary alicyclic amines) is 1. The van der Waals surface area contributed by atoms with Crippen molar-refractivity contribution in [3.8, 4) is 0 Å². The van der Waals surface area contributed by atoms with Crippen LogP contribution in [0, 0.1) is 0 Å². The van der Waals surface area contributed by atoms with Gasteiger partial charge in [0.1, 0.15) is 0 Å². The lowest BCUT2D eigenvalue weighted by Gasteiger charge is -2.38. The highest BCUT2D eigenvalue weighted by Gasteiger charge is 2.28. The third-order valence-electron chi connectivity index (χ3n) is 7.20. The van der Waals surface area contributed by atoms with E-state index >= 15 is 0 Å². The largest absolute Gasteiger partial charge is 0.344 e. The molecular weight excluding hydrogens is 534 g/mol. The molecule has 1 N–H and O–H groups in total. The molecule has 0 bridgehead atoms. The Morgan fingerprint density at radius 1 is 1.10 bits per heavy atom. The summed E-state index contributed by atoms with van der Waals surface area (Å²) in [6, 6.07) is 16.6. The van der Waals surface area contributed by atoms with Gasteiger partial charge in [-0.3, -0.25) is 9.59 Å². The van der Waals surface area contributed by atoms with Crippen molar-refractivity contribution in [2.75, 3.05) is 32.4 Å². The van der Waals surface area contributed by atoms with Crippen LogP contribution in [0.4, 0.5) is 0 Å². The zero-order valence-corrected chi connectivity index (χ0v) is 24.0. The first-order valence-electron chi connectivity index (χ1n) is 13.2. The van der Waals surface area contributed by atoms with Crippen LogP contribution in [0.15, 0.2) is 65.7 Å². The van der Waals surface area contributed by atoms with E-state index in [4.69, 9.17) is 0 Å². The van der Waals surface area contributed by atoms with Gasteiger partial charge in [-0.2, -0.15) is 8.75 Å². The van der Waals surface area contributed by atoms with Crippen LogP contribution in [0.5, 0.6) is 0 Å². The van der Waals surface area contributed by atoms with Gasteiger partial charge < -0.3 is 15.1 Å². The summed E-state index contributed by atoms with van der Waals surface area (Å²) in [5, 5.41) is 3.11. The molecule has 0 saturated carbocycles. The van der Waals surface area contributed by atoms with Crippen LogP contribution < -0.4 is 5.32 Å². The molecule has 1 aliphatic heterocycles. The summed E-state index contributed by atoms with van der Waals surface area (Å²) in [4.78, 5) is 30.4. The smallest absolute Gasteiger partial charge is 0.273 e. The average Bonchev–Trinajstić information content (AvgIpc) is 3.48. The Labute approximate surface area is 234 Å². The summed E-state index contributed by atoms with van der Waals surface area (Å²) in [6.45, 7) is 5.22. The summed E-state index contributed by atoms with van der Waals surface area (Å²) in [5.41, 5.74) is 2.19. The van der Waals surface area contributed by atoms with Crippen LogP contribution >= 0.6 is 11.7 Å². The lowest BCUT2D eigenvalue weighted by molar-refractivity contribution is -0.133. The SMILES string of the molecule is CCN(C(=O)Cc1ccc(S(C)(=O)=O)cc1)C1CCN(CC[C@H](NC(=O)c2cnsn2)c2ccccc2)CC1. The van der Waals surface area contributed by atoms with E-state index in [2.05, 4.69) is 19.0 Å². The van der Waals surface area contributed by atoms with Gasteiger partial charge in [-0.05, 0) is 49.4 Å². The van der Waals surface area contributed by atoms with Gasteiger partial charge in [-0.25, -0.2) is 8.42 Å². The second-order valence-corrected chi connectivity index (χ2v) is 12.4. The Morgan fingerprint density at radius 2 is 1.79 bits per heavy atom. The van der Waals surface area contributed by atoms with E-state index in [0.29, 0.717) is 12.2 Å². The molecule has 4 rings (SSSR count). The fourth-order valence-electron chi connectivity index (χ4n) is 5.04. The number of hydrogen-bond acceptors (Lipinski definition) is 8. The number of carbonyl (C=O) groups is 2. The molecule has 3 aromatic rings. The van der Waals surface area contributed by atoms with Crippen molar-refractivity contribution in [1.29, 1.82) is 0 Å². The van der Waals surface area contributed by atoms with Crippen molar-refractivity contribution < 1.29 is 18.0 Å². The molecule has 1 fully saturated rings. The van der Waals surface area contributed by atoms with Crippen molar-refractivity contribution in [3.05, 3.63) is 77.6 Å². The topological polar surface area (TPSA) is 113 Å². The fraction of sp³-hybridized carbons (Fsp3) is 0.429. The zero-order chi connectivity index (χ0) is 27.8. The predicted molar refractivity (Wildman–Crippen MR) is 151 cm³/mol. The molecule has 0 radical (unpaired) electrons. The molecule has 208 valence electrons. The highest BCUT2D eigenvalue weighted by Crippen LogP contribution is 2.22. The molecule has 1 aromatic heterocycles. The predicted octanol–water partition coefficient (Wildman–Crippen LogP) is 3.36. The van der Waals surface area contributed by atoms with Gasteiger partial charge in [0.25, 0.3) is 5.91 Å². The van der Waals surface area contributed by atoms with Gasteiger partial charge in [0.05, 0.1) is 35.3 Å². The monoisotopic (exact) mass is 569 g/mol. The van der Waals surface area contributed by atoms with Gasteiger partial charge in [0, 0.05) is 38.5 Å². The molecule has 2 amide bonds. The maximum Gasteiger partial charge on any atom is 0.273 e. The third-order valence-corrected chi connectivity index (χ3v) is 8.81. The fourth-order valence-corrected chi connectivity index (χ4v) is 6.08. The Kier molecular flexibility index (Phi) is 9.82. The van der Waals surface area contributed by atoms with Crippen molar-refractivity contribution in [2.24, 2.45) is 0 Å². The van der Waals surface area contributed by atoms with Crippen molar-refractivity contribution in [1.82, 2.24) is 23.9 Å². The van der Waals surface area contributed by atoms with E-state index < -0.39 is 9.84 Å². The second kappa shape index (κ2) is 13.3. The van der Waals surface area contributed by atoms with E-state index in [1.807, 2.05) is 42.2 Å². The number of piperidine rings is 1. The number of rotatable bonds is 11. The summed E-state index contributed by atoms with van der Waals surface area (Å²) in [6.07, 6.45) is 5.45. The standard InChI is InChI=1S/C28H35N5O4S2/c1-3-33(27(34)19-21-9-11-24(12-10-21)39(2,36)37)23-13-16-32(17-14-23)18-15-25(22-7-5-4-6-8-22)30-28(35)26-20-29-38-31-26/h4-12,20,23,25H,3,13-19H2,1-2H3,(H,30,35)/t25-/m0/s1. The van der Waals surface area contributed by atoms with E-state index in [1.165, 1.54) is 12.5 Å². The first kappa shape index (κ1) is 28.8. The quantitative estimate of drug-likeness (QED) is 0.377. The number of nitrogens with zero attached hydrogens (tertiary/aromatic N) is 4. The van der Waals surface area contributed by atoms with Gasteiger partial charge >= 0.3 is 0 Å². The minimum absolute atomic E-state index is 0.0615. The van der Waals surface area contributed by atoms with Gasteiger partial charge in [-0.1, -0.05) is 42.5 Å². The summed E-state index contributed by atoms with van der Waals surface area (Å²) in [7, 11) is -3.26. The van der Waals surface area contributed by atoms with Crippen molar-refractivity contribution in [3.63, 3.8) is 0 Å². The molecular formula is C28H35N5O4S2. The van der Waals surface area contributed by atoms with Crippen LogP contribution in [0.25, 0.3) is 0 Å². The van der Waals surface area contributed by atoms with Crippen LogP contribution in [0.1, 0.15) is 53.8 Å². The second-order valence-electron chi connectivity index (χ2n) is 9.86. The Morgan fingerprint density at radius 3 is 2.38 bits per heavy atom. The molecule has 2 aromatic carbocycles. The molecule has 1 saturated heterocycles. The van der Waals surface area contributed by atoms with Crippen LogP contribution in [-0.4, -0.2) is 77.3 Å². The molecule has 0 aliphatic carbocycles. The van der Waals surface area contributed by atoms with Crippen LogP contribution in [0.2, 0.25) is 0 Å². The van der Waals surface area contributed by atoms with Crippen LogP contribution in [0.3, 0.4) is 0 Å². The molecule has 0 spiro atoms. The number of nitrogens with one attached hydrogen (secondary N) is 1. The minimum Gasteiger partial charge on any atom is -0.344 e. The Bertz CT molecular complexity index is 1320. The Balaban J connectivity index is 1.30. The molecule has 2 heterocycles. The summed E-state index contributed by atoms with van der Waals surface area (Å²) in [5.74, 6) is -0.161. The lowest BCUT2D eigenvalue weighted by atomic mass is 9.99. The van der Waals surface area contributed by atoms with E-state index in [9.17, 15) is 18.0 Å². The molecule has 0 unspecified atom stereocenters. The van der Waals surface area contributed by atoms with Crippen molar-refractivity contribution in [2.45, 2.75) is 49.6 Å². The zero-order valence-electron chi connectivity index (χ0n) is 22.3. The maximum absolute atomic E-state index is 13.1. The number of likely N-dealkylation sites (N-methyl/N-ethyl adjacent to an activating group) is 1. The summed E-state index contributed by atoms with van der Waals surface area (Å²) >= 11 is 1.02. The van der Waals surface area contributed by atoms with Crippen LogP contribution in [-0.2, 0) is 21.1 Å². The average molecular weight is 570 g/mol. The molecule has 1 atom stereocenters. The maximum atomic E-state index is 13.1. The highest BCUT2D eigenvalue weighted by molar-refractivity contribution is 7.90. The Hall–Kier alpha value is -3.15. The lowest BCUT2D eigenvalue weighted by Crippen LogP contribution is -2.48. The number of benzene rings is 2. The van der Waals surface area contributed by atoms with E-state index in [-0.39, 0.29) is 35.2 Å². The minimum atomic E-state index is -3.26. The normalized spacial score (nSPS) is 15.5. The number of aromatic nitrogens is 2. The third kappa shape index (κ3) is 7.93. The van der Waals surface area contributed by atoms with Gasteiger partial charge in [0.15, 0.2) is 15.5 Å². The first-order chi connectivity index (χ1) is 18.7. The highest BCUT2D eigenvalue weighted by atomic mass is 32.2. The number of sulfone groups is 1.